The van der Waals surface area contributed by atoms with Crippen molar-refractivity contribution in [2.24, 2.45) is 0 Å². The summed E-state index contributed by atoms with van der Waals surface area (Å²) in [6.45, 7) is 0. The summed E-state index contributed by atoms with van der Waals surface area (Å²) in [5, 5.41) is 4.34. The predicted octanol–water partition coefficient (Wildman–Crippen LogP) is 8.26. The van der Waals surface area contributed by atoms with Crippen molar-refractivity contribution in [1.29, 1.82) is 0 Å². The number of rotatable bonds is 4. The Morgan fingerprint density at radius 2 is 1.90 bits per heavy atom. The van der Waals surface area contributed by atoms with Crippen LogP contribution in [0.2, 0.25) is 5.02 Å². The minimum atomic E-state index is -0.474. The zero-order valence-corrected chi connectivity index (χ0v) is 24.0. The summed E-state index contributed by atoms with van der Waals surface area (Å²) in [6.07, 6.45) is 0. The van der Waals surface area contributed by atoms with Crippen LogP contribution in [0.25, 0.3) is 44.4 Å². The molecular weight excluding hydrogens is 618 g/mol. The van der Waals surface area contributed by atoms with Gasteiger partial charge in [-0.15, -0.1) is 23.1 Å². The average molecular weight is 635 g/mol. The fourth-order valence-electron chi connectivity index (χ4n) is 4.89. The van der Waals surface area contributed by atoms with Gasteiger partial charge in [0.05, 0.1) is 22.7 Å². The zero-order chi connectivity index (χ0) is 26.7. The van der Waals surface area contributed by atoms with Crippen molar-refractivity contribution in [3.63, 3.8) is 0 Å². The lowest BCUT2D eigenvalue weighted by Crippen LogP contribution is -2.28. The van der Waals surface area contributed by atoms with Gasteiger partial charge < -0.3 is 9.40 Å². The number of nitrogens with one attached hydrogen (secondary N) is 1. The smallest absolute Gasteiger partial charge is 0.345 e. The Kier molecular flexibility index (Phi) is 6.12. The molecule has 1 N–H and O–H groups in total. The summed E-state index contributed by atoms with van der Waals surface area (Å²) in [4.78, 5) is 36.2. The molecule has 6 aromatic rings. The molecule has 1 fully saturated rings. The number of hydrogen-bond donors (Lipinski definition) is 1. The number of benzene rings is 3. The number of aromatic nitrogens is 2. The highest BCUT2D eigenvalue weighted by atomic mass is 79.9. The van der Waals surface area contributed by atoms with Gasteiger partial charge in [-0.1, -0.05) is 57.9 Å². The molecule has 0 spiro atoms. The van der Waals surface area contributed by atoms with E-state index in [4.69, 9.17) is 21.0 Å². The molecule has 4 heterocycles. The minimum absolute atomic E-state index is 0.0456. The molecule has 6 nitrogen and oxygen atoms in total. The molecule has 1 aliphatic heterocycles. The maximum absolute atomic E-state index is 13.3. The number of carbonyl (C=O) groups excluding carboxylic acids is 1. The highest BCUT2D eigenvalue weighted by Gasteiger charge is 2.39. The number of thioether (sulfide) groups is 1. The highest BCUT2D eigenvalue weighted by molar-refractivity contribution is 9.10. The summed E-state index contributed by atoms with van der Waals surface area (Å²) in [5.74, 6) is 0.267. The van der Waals surface area contributed by atoms with Crippen LogP contribution < -0.4 is 10.5 Å². The second-order valence-electron chi connectivity index (χ2n) is 9.04. The number of H-pyrrole nitrogens is 1. The largest absolute Gasteiger partial charge is 0.422 e. The number of halogens is 2. The summed E-state index contributed by atoms with van der Waals surface area (Å²) >= 11 is 12.8. The lowest BCUT2D eigenvalue weighted by molar-refractivity contribution is -0.115. The molecule has 0 aliphatic carbocycles. The van der Waals surface area contributed by atoms with Gasteiger partial charge in [-0.05, 0) is 48.0 Å². The number of thiazole rings is 1. The second kappa shape index (κ2) is 9.67. The fourth-order valence-corrected chi connectivity index (χ4v) is 7.59. The zero-order valence-electron chi connectivity index (χ0n) is 20.0. The molecule has 3 aromatic heterocycles. The molecule has 1 atom stereocenters. The molecule has 1 amide bonds. The highest BCUT2D eigenvalue weighted by Crippen LogP contribution is 2.49. The van der Waals surface area contributed by atoms with Gasteiger partial charge >= 0.3 is 5.63 Å². The molecule has 3 aromatic carbocycles. The third kappa shape index (κ3) is 4.30. The van der Waals surface area contributed by atoms with Crippen molar-refractivity contribution in [2.75, 3.05) is 10.7 Å². The average Bonchev–Trinajstić information content (AvgIpc) is 3.65. The van der Waals surface area contributed by atoms with Gasteiger partial charge in [0.1, 0.15) is 11.0 Å². The van der Waals surface area contributed by atoms with E-state index in [1.165, 1.54) is 11.3 Å². The number of carbonyl (C=O) groups is 1. The van der Waals surface area contributed by atoms with Crippen LogP contribution in [0.4, 0.5) is 5.13 Å². The monoisotopic (exact) mass is 633 g/mol. The van der Waals surface area contributed by atoms with Gasteiger partial charge in [-0.3, -0.25) is 9.69 Å². The molecule has 0 bridgehead atoms. The van der Waals surface area contributed by atoms with E-state index < -0.39 is 5.63 Å². The van der Waals surface area contributed by atoms with Crippen molar-refractivity contribution in [3.8, 4) is 22.5 Å². The Labute approximate surface area is 243 Å². The summed E-state index contributed by atoms with van der Waals surface area (Å²) in [7, 11) is 0. The van der Waals surface area contributed by atoms with E-state index >= 15 is 0 Å². The van der Waals surface area contributed by atoms with Crippen molar-refractivity contribution >= 4 is 83.5 Å². The van der Waals surface area contributed by atoms with Crippen molar-refractivity contribution in [2.45, 2.75) is 5.37 Å². The molecule has 192 valence electrons. The van der Waals surface area contributed by atoms with Crippen LogP contribution in [0, 0.1) is 0 Å². The molecule has 1 aliphatic rings. The second-order valence-corrected chi connectivity index (χ2v) is 12.3. The molecular formula is C29H17BrClN3O3S2. The predicted molar refractivity (Wildman–Crippen MR) is 163 cm³/mol. The van der Waals surface area contributed by atoms with Crippen LogP contribution in [-0.4, -0.2) is 21.6 Å². The third-order valence-corrected chi connectivity index (χ3v) is 9.39. The number of aromatic amines is 1. The molecule has 1 unspecified atom stereocenters. The van der Waals surface area contributed by atoms with E-state index in [9.17, 15) is 9.59 Å². The van der Waals surface area contributed by atoms with E-state index in [-0.39, 0.29) is 11.3 Å². The summed E-state index contributed by atoms with van der Waals surface area (Å²) < 4.78 is 6.43. The first-order chi connectivity index (χ1) is 19.0. The van der Waals surface area contributed by atoms with Crippen molar-refractivity contribution in [1.82, 2.24) is 9.97 Å². The first-order valence-electron chi connectivity index (χ1n) is 12.0. The van der Waals surface area contributed by atoms with Gasteiger partial charge in [0, 0.05) is 36.7 Å². The minimum Gasteiger partial charge on any atom is -0.422 e. The maximum atomic E-state index is 13.3. The van der Waals surface area contributed by atoms with Gasteiger partial charge in [-0.2, -0.15) is 0 Å². The summed E-state index contributed by atoms with van der Waals surface area (Å²) in [6, 6.07) is 23.0. The van der Waals surface area contributed by atoms with E-state index in [1.807, 2.05) is 60.7 Å². The number of amides is 1. The Morgan fingerprint density at radius 3 is 2.74 bits per heavy atom. The van der Waals surface area contributed by atoms with Crippen LogP contribution in [-0.2, 0) is 4.79 Å². The first-order valence-corrected chi connectivity index (χ1v) is 15.1. The quantitative estimate of drug-likeness (QED) is 0.198. The maximum Gasteiger partial charge on any atom is 0.345 e. The van der Waals surface area contributed by atoms with Gasteiger partial charge in [-0.25, -0.2) is 9.78 Å². The van der Waals surface area contributed by atoms with Crippen LogP contribution in [0.15, 0.2) is 91.9 Å². The van der Waals surface area contributed by atoms with E-state index in [2.05, 4.69) is 20.9 Å². The van der Waals surface area contributed by atoms with Gasteiger partial charge in [0.2, 0.25) is 5.91 Å². The molecule has 7 rings (SSSR count). The Hall–Kier alpha value is -3.37. The van der Waals surface area contributed by atoms with Crippen LogP contribution in [0.5, 0.6) is 0 Å². The summed E-state index contributed by atoms with van der Waals surface area (Å²) in [5.41, 5.74) is 4.71. The van der Waals surface area contributed by atoms with Crippen LogP contribution in [0.3, 0.4) is 0 Å². The van der Waals surface area contributed by atoms with E-state index in [0.29, 0.717) is 32.7 Å². The standard InChI is InChI=1S/C29H17BrClN3O3S2/c30-17-6-9-23-16(10-17)11-20(28(36)37-23)22-13-39-29(33-22)34-24(35)14-38-27(34)25-19-12-18(31)7-8-21(19)32-26(25)15-4-2-1-3-5-15/h1-13,27,32H,14H2. The number of anilines is 1. The topological polar surface area (TPSA) is 79.2 Å². The lowest BCUT2D eigenvalue weighted by Gasteiger charge is -2.22. The molecule has 1 saturated heterocycles. The lowest BCUT2D eigenvalue weighted by atomic mass is 10.0. The normalized spacial score (nSPS) is 15.6. The number of nitrogens with zero attached hydrogens (tertiary/aromatic N) is 2. The first kappa shape index (κ1) is 24.7. The van der Waals surface area contributed by atoms with Crippen LogP contribution in [0.1, 0.15) is 10.9 Å². The Balaban J connectivity index is 1.35. The molecule has 0 radical (unpaired) electrons. The van der Waals surface area contributed by atoms with Crippen LogP contribution >= 0.6 is 50.6 Å². The molecule has 0 saturated carbocycles. The Bertz CT molecular complexity index is 1970. The third-order valence-electron chi connectivity index (χ3n) is 6.65. The fraction of sp³-hybridized carbons (Fsp3) is 0.0690. The van der Waals surface area contributed by atoms with Gasteiger partial charge in [0.15, 0.2) is 5.13 Å². The van der Waals surface area contributed by atoms with E-state index in [1.54, 1.807) is 34.2 Å². The number of fused-ring (bicyclic) bond motifs is 2. The van der Waals surface area contributed by atoms with Crippen molar-refractivity contribution in [3.05, 3.63) is 104 Å². The van der Waals surface area contributed by atoms with Gasteiger partial charge in [0.25, 0.3) is 0 Å². The molecule has 10 heteroatoms. The molecule has 39 heavy (non-hydrogen) atoms. The van der Waals surface area contributed by atoms with Crippen molar-refractivity contribution < 1.29 is 9.21 Å². The number of hydrogen-bond acceptors (Lipinski definition) is 6. The SMILES string of the molecule is O=C1CSC(c2c(-c3ccccc3)[nH]c3ccc(Cl)cc23)N1c1nc(-c2cc3cc(Br)ccc3oc2=O)cs1. The Morgan fingerprint density at radius 1 is 1.05 bits per heavy atom. The van der Waals surface area contributed by atoms with E-state index in [0.717, 1.165) is 37.6 Å².